The smallest absolute Gasteiger partial charge is 0.217 e. The van der Waals surface area contributed by atoms with Gasteiger partial charge < -0.3 is 4.55 Å². The summed E-state index contributed by atoms with van der Waals surface area (Å²) < 4.78 is 33.4. The molecule has 0 aromatic carbocycles. The van der Waals surface area contributed by atoms with Crippen LogP contribution >= 0.6 is 0 Å². The Kier molecular flexibility index (Phi) is 11.1. The van der Waals surface area contributed by atoms with Crippen molar-refractivity contribution in [1.82, 2.24) is 0 Å². The lowest BCUT2D eigenvalue weighted by Gasteiger charge is -2.03. The average molecular weight is 331 g/mol. The minimum absolute atomic E-state index is 0.808. The first-order valence-electron chi connectivity index (χ1n) is 7.79. The van der Waals surface area contributed by atoms with Crippen LogP contribution in [0.4, 0.5) is 0 Å². The molecule has 6 heteroatoms. The first-order valence-corrected chi connectivity index (χ1v) is 9.12. The zero-order valence-corrected chi connectivity index (χ0v) is 15.0. The number of hydrogen-bond donors (Lipinski definition) is 0. The lowest BCUT2D eigenvalue weighted by molar-refractivity contribution is -0.703. The van der Waals surface area contributed by atoms with Gasteiger partial charge in [-0.2, -0.15) is 0 Å². The Balaban J connectivity index is 0.000000626. The van der Waals surface area contributed by atoms with Gasteiger partial charge in [-0.1, -0.05) is 32.6 Å². The van der Waals surface area contributed by atoms with Crippen molar-refractivity contribution in [3.8, 4) is 0 Å². The molecule has 0 atom stereocenters. The molecule has 0 unspecified atom stereocenters. The van der Waals surface area contributed by atoms with Gasteiger partial charge in [-0.25, -0.2) is 13.0 Å². The average Bonchev–Trinajstić information content (AvgIpc) is 2.47. The van der Waals surface area contributed by atoms with Crippen LogP contribution in [0, 0.1) is 13.8 Å². The van der Waals surface area contributed by atoms with Crippen LogP contribution in [0.25, 0.3) is 0 Å². The fourth-order valence-corrected chi connectivity index (χ4v) is 2.05. The molecule has 0 N–H and O–H groups in total. The summed E-state index contributed by atoms with van der Waals surface area (Å²) in [5.41, 5.74) is 2.81. The van der Waals surface area contributed by atoms with Crippen LogP contribution in [0.3, 0.4) is 0 Å². The highest BCUT2D eigenvalue weighted by molar-refractivity contribution is 7.80. The van der Waals surface area contributed by atoms with E-state index in [2.05, 4.69) is 47.9 Å². The maximum absolute atomic E-state index is 9.22. The molecule has 1 aromatic rings. The number of aromatic nitrogens is 1. The molecule has 0 radical (unpaired) electrons. The van der Waals surface area contributed by atoms with Gasteiger partial charge in [0, 0.05) is 25.0 Å². The third-order valence-electron chi connectivity index (χ3n) is 3.57. The third-order valence-corrected chi connectivity index (χ3v) is 3.98. The summed E-state index contributed by atoms with van der Waals surface area (Å²) in [5, 5.41) is 0. The molecule has 0 saturated carbocycles. The standard InChI is InChI=1S/C15H26N.CH4O4S/c1-4-5-6-7-8-9-12-16-13-10-11-14(2)15(16)3;1-5-6(2,3)4/h10-11,13H,4-9,12H2,1-3H3;1H3,(H,2,3,4)/q+1;/p-1. The van der Waals surface area contributed by atoms with E-state index in [1.54, 1.807) is 0 Å². The Bertz CT molecular complexity index is 515. The Hall–Kier alpha value is -0.980. The van der Waals surface area contributed by atoms with Gasteiger partial charge in [-0.15, -0.1) is 0 Å². The van der Waals surface area contributed by atoms with Gasteiger partial charge in [-0.3, -0.25) is 4.18 Å². The number of rotatable bonds is 8. The second-order valence-electron chi connectivity index (χ2n) is 5.31. The Morgan fingerprint density at radius 3 is 2.23 bits per heavy atom. The molecule has 1 heterocycles. The van der Waals surface area contributed by atoms with E-state index in [1.165, 1.54) is 56.3 Å². The number of aryl methyl sites for hydroxylation is 2. The molecule has 0 spiro atoms. The summed E-state index contributed by atoms with van der Waals surface area (Å²) in [7, 11) is -3.60. The van der Waals surface area contributed by atoms with E-state index >= 15 is 0 Å². The van der Waals surface area contributed by atoms with Crippen LogP contribution in [0.5, 0.6) is 0 Å². The van der Waals surface area contributed by atoms with Crippen LogP contribution < -0.4 is 4.57 Å². The van der Waals surface area contributed by atoms with E-state index in [0.29, 0.717) is 0 Å². The van der Waals surface area contributed by atoms with Gasteiger partial charge in [0.15, 0.2) is 11.9 Å². The van der Waals surface area contributed by atoms with Crippen molar-refractivity contribution in [2.45, 2.75) is 65.8 Å². The highest BCUT2D eigenvalue weighted by Gasteiger charge is 2.06. The van der Waals surface area contributed by atoms with Crippen LogP contribution in [0.1, 0.15) is 56.7 Å². The van der Waals surface area contributed by atoms with Gasteiger partial charge in [0.25, 0.3) is 0 Å². The normalized spacial score (nSPS) is 11.0. The number of unbranched alkanes of at least 4 members (excludes halogenated alkanes) is 5. The highest BCUT2D eigenvalue weighted by atomic mass is 32.3. The first kappa shape index (κ1) is 21.0. The van der Waals surface area contributed by atoms with E-state index in [-0.39, 0.29) is 0 Å². The molecule has 0 aliphatic rings. The fraction of sp³-hybridized carbons (Fsp3) is 0.688. The topological polar surface area (TPSA) is 70.3 Å². The van der Waals surface area contributed by atoms with Gasteiger partial charge in [-0.05, 0) is 19.4 Å². The van der Waals surface area contributed by atoms with Crippen LogP contribution in [0.15, 0.2) is 18.3 Å². The summed E-state index contributed by atoms with van der Waals surface area (Å²) in [4.78, 5) is 0. The predicted octanol–water partition coefficient (Wildman–Crippen LogP) is 3.04. The molecule has 0 saturated heterocycles. The zero-order chi connectivity index (χ0) is 17.0. The minimum Gasteiger partial charge on any atom is -0.726 e. The van der Waals surface area contributed by atoms with E-state index in [4.69, 9.17) is 0 Å². The largest absolute Gasteiger partial charge is 0.726 e. The van der Waals surface area contributed by atoms with Crippen molar-refractivity contribution in [3.63, 3.8) is 0 Å². The van der Waals surface area contributed by atoms with E-state index in [9.17, 15) is 13.0 Å². The highest BCUT2D eigenvalue weighted by Crippen LogP contribution is 2.05. The second-order valence-corrected chi connectivity index (χ2v) is 6.46. The van der Waals surface area contributed by atoms with Crippen molar-refractivity contribution >= 4 is 10.4 Å². The monoisotopic (exact) mass is 331 g/mol. The Morgan fingerprint density at radius 1 is 1.14 bits per heavy atom. The molecule has 22 heavy (non-hydrogen) atoms. The first-order chi connectivity index (χ1) is 10.3. The quantitative estimate of drug-likeness (QED) is 0.318. The van der Waals surface area contributed by atoms with E-state index in [0.717, 1.165) is 7.11 Å². The SMILES string of the molecule is CCCCCCCC[n+]1cccc(C)c1C.COS(=O)(=O)[O-]. The molecule has 5 nitrogen and oxygen atoms in total. The molecular formula is C16H29NO4S. The summed E-state index contributed by atoms with van der Waals surface area (Å²) in [5.74, 6) is 0. The summed E-state index contributed by atoms with van der Waals surface area (Å²) in [6.45, 7) is 7.85. The Morgan fingerprint density at radius 2 is 1.68 bits per heavy atom. The lowest BCUT2D eigenvalue weighted by Crippen LogP contribution is -2.37. The van der Waals surface area contributed by atoms with Gasteiger partial charge in [0.05, 0.1) is 7.11 Å². The molecule has 0 aliphatic heterocycles. The van der Waals surface area contributed by atoms with Crippen molar-refractivity contribution < 1.29 is 21.7 Å². The molecular weight excluding hydrogens is 302 g/mol. The van der Waals surface area contributed by atoms with Crippen molar-refractivity contribution in [2.75, 3.05) is 7.11 Å². The number of pyridine rings is 1. The minimum atomic E-state index is -4.41. The molecule has 0 bridgehead atoms. The van der Waals surface area contributed by atoms with Gasteiger partial charge in [0.1, 0.15) is 6.54 Å². The summed E-state index contributed by atoms with van der Waals surface area (Å²) in [6.07, 6.45) is 10.4. The van der Waals surface area contributed by atoms with Crippen LogP contribution in [0.2, 0.25) is 0 Å². The second kappa shape index (κ2) is 11.6. The third kappa shape index (κ3) is 10.7. The number of hydrogen-bond acceptors (Lipinski definition) is 4. The van der Waals surface area contributed by atoms with Gasteiger partial charge in [0.2, 0.25) is 10.4 Å². The lowest BCUT2D eigenvalue weighted by atomic mass is 10.1. The number of nitrogens with zero attached hydrogens (tertiary/aromatic N) is 1. The summed E-state index contributed by atoms with van der Waals surface area (Å²) in [6, 6.07) is 4.34. The maximum Gasteiger partial charge on any atom is 0.217 e. The van der Waals surface area contributed by atoms with Crippen LogP contribution in [-0.2, 0) is 21.1 Å². The van der Waals surface area contributed by atoms with Gasteiger partial charge >= 0.3 is 0 Å². The molecule has 1 rings (SSSR count). The van der Waals surface area contributed by atoms with E-state index in [1.807, 2.05) is 0 Å². The zero-order valence-electron chi connectivity index (χ0n) is 14.2. The molecule has 0 fully saturated rings. The van der Waals surface area contributed by atoms with Crippen molar-refractivity contribution in [1.29, 1.82) is 0 Å². The molecule has 0 amide bonds. The molecule has 0 aliphatic carbocycles. The van der Waals surface area contributed by atoms with Crippen LogP contribution in [-0.4, -0.2) is 20.1 Å². The van der Waals surface area contributed by atoms with E-state index < -0.39 is 10.4 Å². The van der Waals surface area contributed by atoms with Crippen molar-refractivity contribution in [3.05, 3.63) is 29.6 Å². The predicted molar refractivity (Wildman–Crippen MR) is 86.2 cm³/mol. The molecule has 1 aromatic heterocycles. The fourth-order valence-electron chi connectivity index (χ4n) is 2.05. The summed E-state index contributed by atoms with van der Waals surface area (Å²) >= 11 is 0. The van der Waals surface area contributed by atoms with Crippen molar-refractivity contribution in [2.24, 2.45) is 0 Å². The molecule has 128 valence electrons. The maximum atomic E-state index is 9.22. The Labute approximate surface area is 135 Å².